The molecular formula is C12H19N3O3. The summed E-state index contributed by atoms with van der Waals surface area (Å²) in [7, 11) is 0. The van der Waals surface area contributed by atoms with Gasteiger partial charge in [-0.15, -0.1) is 0 Å². The van der Waals surface area contributed by atoms with Crippen LogP contribution < -0.4 is 15.4 Å². The van der Waals surface area contributed by atoms with Crippen molar-refractivity contribution in [3.8, 4) is 5.88 Å². The lowest BCUT2D eigenvalue weighted by Gasteiger charge is -2.18. The molecule has 0 radical (unpaired) electrons. The number of rotatable bonds is 4. The summed E-state index contributed by atoms with van der Waals surface area (Å²) < 4.78 is 5.45. The monoisotopic (exact) mass is 253 g/mol. The predicted molar refractivity (Wildman–Crippen MR) is 68.7 cm³/mol. The number of nitrogens with zero attached hydrogens (tertiary/aromatic N) is 2. The second kappa shape index (κ2) is 5.41. The van der Waals surface area contributed by atoms with Crippen molar-refractivity contribution >= 4 is 11.5 Å². The smallest absolute Gasteiger partial charge is 0.239 e. The van der Waals surface area contributed by atoms with Crippen molar-refractivity contribution in [3.05, 3.63) is 12.1 Å². The maximum atomic E-state index is 9.52. The highest BCUT2D eigenvalue weighted by Gasteiger charge is 2.30. The molecule has 0 spiro atoms. The number of hydrogen-bond acceptors (Lipinski definition) is 6. The van der Waals surface area contributed by atoms with Crippen molar-refractivity contribution in [2.45, 2.75) is 25.6 Å². The van der Waals surface area contributed by atoms with Crippen molar-refractivity contribution in [1.29, 1.82) is 0 Å². The normalized spacial score (nSPS) is 23.4. The molecule has 1 saturated heterocycles. The molecule has 1 aliphatic rings. The number of nitrogen functional groups attached to an aromatic ring is 1. The molecule has 2 rings (SSSR count). The third-order valence-electron chi connectivity index (χ3n) is 2.90. The number of aliphatic hydroxyl groups is 2. The van der Waals surface area contributed by atoms with Gasteiger partial charge in [0.05, 0.1) is 24.5 Å². The van der Waals surface area contributed by atoms with Crippen LogP contribution in [-0.2, 0) is 0 Å². The summed E-state index contributed by atoms with van der Waals surface area (Å²) in [4.78, 5) is 6.13. The van der Waals surface area contributed by atoms with Crippen LogP contribution in [0.5, 0.6) is 5.88 Å². The first-order chi connectivity index (χ1) is 8.61. The lowest BCUT2D eigenvalue weighted by atomic mass is 10.3. The number of nitrogens with two attached hydrogens (primary N) is 1. The Morgan fingerprint density at radius 1 is 1.39 bits per heavy atom. The summed E-state index contributed by atoms with van der Waals surface area (Å²) >= 11 is 0. The van der Waals surface area contributed by atoms with Gasteiger partial charge in [0.25, 0.3) is 0 Å². The molecule has 2 atom stereocenters. The highest BCUT2D eigenvalue weighted by atomic mass is 16.5. The molecule has 0 aliphatic carbocycles. The molecule has 0 bridgehead atoms. The van der Waals surface area contributed by atoms with Gasteiger partial charge in [-0.05, 0) is 18.6 Å². The van der Waals surface area contributed by atoms with Crippen molar-refractivity contribution in [1.82, 2.24) is 4.98 Å². The van der Waals surface area contributed by atoms with Crippen molar-refractivity contribution in [2.75, 3.05) is 30.3 Å². The lowest BCUT2D eigenvalue weighted by molar-refractivity contribution is 0.0572. The summed E-state index contributed by atoms with van der Waals surface area (Å²) in [5.41, 5.74) is 6.27. The predicted octanol–water partition coefficient (Wildman–Crippen LogP) is -0.00560. The van der Waals surface area contributed by atoms with E-state index in [0.717, 1.165) is 6.42 Å². The first-order valence-electron chi connectivity index (χ1n) is 6.12. The van der Waals surface area contributed by atoms with Gasteiger partial charge in [0.1, 0.15) is 5.82 Å². The zero-order chi connectivity index (χ0) is 13.1. The zero-order valence-corrected chi connectivity index (χ0v) is 10.4. The van der Waals surface area contributed by atoms with Gasteiger partial charge >= 0.3 is 0 Å². The number of aliphatic hydroxyl groups excluding tert-OH is 2. The molecule has 6 heteroatoms. The SMILES string of the molecule is CCCOc1nc(N2CC(O)C(O)C2)ccc1N. The minimum absolute atomic E-state index is 0.366. The fraction of sp³-hybridized carbons (Fsp3) is 0.583. The summed E-state index contributed by atoms with van der Waals surface area (Å²) in [6.07, 6.45) is -0.583. The molecule has 1 aromatic rings. The Hall–Kier alpha value is -1.53. The maximum absolute atomic E-state index is 9.52. The Labute approximate surface area is 106 Å². The van der Waals surface area contributed by atoms with Crippen LogP contribution in [-0.4, -0.2) is 47.1 Å². The molecule has 1 fully saturated rings. The fourth-order valence-corrected chi connectivity index (χ4v) is 1.89. The molecule has 6 nitrogen and oxygen atoms in total. The highest BCUT2D eigenvalue weighted by Crippen LogP contribution is 2.25. The van der Waals surface area contributed by atoms with E-state index in [4.69, 9.17) is 10.5 Å². The number of hydrogen-bond donors (Lipinski definition) is 3. The minimum atomic E-state index is -0.732. The van der Waals surface area contributed by atoms with Crippen LogP contribution in [0.2, 0.25) is 0 Å². The van der Waals surface area contributed by atoms with Crippen molar-refractivity contribution in [2.24, 2.45) is 0 Å². The molecular weight excluding hydrogens is 234 g/mol. The lowest BCUT2D eigenvalue weighted by Crippen LogP contribution is -2.22. The maximum Gasteiger partial charge on any atom is 0.239 e. The number of β-amino-alcohol motifs (C(OH)–C–C–N with tert-alkyl or cyclic N) is 2. The van der Waals surface area contributed by atoms with E-state index in [1.54, 1.807) is 12.1 Å². The average Bonchev–Trinajstić information content (AvgIpc) is 2.69. The molecule has 2 heterocycles. The summed E-state index contributed by atoms with van der Waals surface area (Å²) in [5, 5.41) is 19.0. The number of ether oxygens (including phenoxy) is 1. The molecule has 4 N–H and O–H groups in total. The first kappa shape index (κ1) is 12.9. The van der Waals surface area contributed by atoms with Gasteiger partial charge in [-0.3, -0.25) is 0 Å². The van der Waals surface area contributed by atoms with Gasteiger partial charge in [-0.1, -0.05) is 6.92 Å². The van der Waals surface area contributed by atoms with E-state index < -0.39 is 12.2 Å². The quantitative estimate of drug-likeness (QED) is 0.699. The van der Waals surface area contributed by atoms with Gasteiger partial charge < -0.3 is 25.6 Å². The molecule has 100 valence electrons. The third kappa shape index (κ3) is 2.65. The van der Waals surface area contributed by atoms with Gasteiger partial charge in [0, 0.05) is 13.1 Å². The molecule has 1 aromatic heterocycles. The molecule has 1 aliphatic heterocycles. The van der Waals surface area contributed by atoms with Crippen LogP contribution in [0.3, 0.4) is 0 Å². The summed E-state index contributed by atoms with van der Waals surface area (Å²) in [5.74, 6) is 1.07. The minimum Gasteiger partial charge on any atom is -0.476 e. The van der Waals surface area contributed by atoms with E-state index in [2.05, 4.69) is 4.98 Å². The summed E-state index contributed by atoms with van der Waals surface area (Å²) in [6.45, 7) is 3.30. The van der Waals surface area contributed by atoms with Crippen LogP contribution >= 0.6 is 0 Å². The van der Waals surface area contributed by atoms with E-state index in [-0.39, 0.29) is 0 Å². The topological polar surface area (TPSA) is 91.8 Å². The standard InChI is InChI=1S/C12H19N3O3/c1-2-5-18-12-8(13)3-4-11(14-12)15-6-9(16)10(17)7-15/h3-4,9-10,16-17H,2,5-7,13H2,1H3. The summed E-state index contributed by atoms with van der Waals surface area (Å²) in [6, 6.07) is 3.49. The Bertz CT molecular complexity index is 404. The van der Waals surface area contributed by atoms with E-state index in [1.807, 2.05) is 11.8 Å². The number of aromatic nitrogens is 1. The molecule has 2 unspecified atom stereocenters. The van der Waals surface area contributed by atoms with Crippen LogP contribution in [0.4, 0.5) is 11.5 Å². The Kier molecular flexibility index (Phi) is 3.88. The van der Waals surface area contributed by atoms with Crippen LogP contribution in [0.15, 0.2) is 12.1 Å². The van der Waals surface area contributed by atoms with Gasteiger partial charge in [0.2, 0.25) is 5.88 Å². The highest BCUT2D eigenvalue weighted by molar-refractivity contribution is 5.55. The third-order valence-corrected chi connectivity index (χ3v) is 2.90. The Balaban J connectivity index is 2.14. The average molecular weight is 253 g/mol. The second-order valence-electron chi connectivity index (χ2n) is 4.45. The Morgan fingerprint density at radius 2 is 2.06 bits per heavy atom. The van der Waals surface area contributed by atoms with Gasteiger partial charge in [0.15, 0.2) is 0 Å². The van der Waals surface area contributed by atoms with Crippen LogP contribution in [0.1, 0.15) is 13.3 Å². The van der Waals surface area contributed by atoms with Crippen molar-refractivity contribution < 1.29 is 14.9 Å². The number of pyridine rings is 1. The van der Waals surface area contributed by atoms with E-state index in [9.17, 15) is 10.2 Å². The molecule has 0 aromatic carbocycles. The molecule has 18 heavy (non-hydrogen) atoms. The van der Waals surface area contributed by atoms with E-state index in [1.165, 1.54) is 0 Å². The van der Waals surface area contributed by atoms with Gasteiger partial charge in [-0.25, -0.2) is 0 Å². The Morgan fingerprint density at radius 3 is 2.67 bits per heavy atom. The van der Waals surface area contributed by atoms with Crippen LogP contribution in [0, 0.1) is 0 Å². The fourth-order valence-electron chi connectivity index (χ4n) is 1.89. The van der Waals surface area contributed by atoms with Crippen LogP contribution in [0.25, 0.3) is 0 Å². The van der Waals surface area contributed by atoms with E-state index >= 15 is 0 Å². The first-order valence-corrected chi connectivity index (χ1v) is 6.12. The van der Waals surface area contributed by atoms with Gasteiger partial charge in [-0.2, -0.15) is 4.98 Å². The zero-order valence-electron chi connectivity index (χ0n) is 10.4. The van der Waals surface area contributed by atoms with Crippen molar-refractivity contribution in [3.63, 3.8) is 0 Å². The molecule has 0 saturated carbocycles. The second-order valence-corrected chi connectivity index (χ2v) is 4.45. The molecule has 0 amide bonds. The van der Waals surface area contributed by atoms with E-state index in [0.29, 0.717) is 37.1 Å². The number of anilines is 2. The largest absolute Gasteiger partial charge is 0.476 e.